The molecule has 0 aliphatic heterocycles. The van der Waals surface area contributed by atoms with E-state index in [1.54, 1.807) is 0 Å². The predicted molar refractivity (Wildman–Crippen MR) is 225 cm³/mol. The summed E-state index contributed by atoms with van der Waals surface area (Å²) in [6, 6.07) is 63.0. The Kier molecular flexibility index (Phi) is 7.10. The first-order chi connectivity index (χ1) is 27.2. The third-order valence-corrected chi connectivity index (χ3v) is 10.5. The third-order valence-electron chi connectivity index (χ3n) is 10.5. The van der Waals surface area contributed by atoms with Crippen molar-refractivity contribution in [3.05, 3.63) is 182 Å². The quantitative estimate of drug-likeness (QED) is 0.167. The third kappa shape index (κ3) is 5.41. The SMILES string of the molecule is c1ccc(-c2nc3c4cc(-c5cccc(-c6nc(-c7ccc8ccccc8c7)nc(-c7ccc8ccccc8c7)n6)c5)ccc4c4ccccc4c3o2)cc1. The summed E-state index contributed by atoms with van der Waals surface area (Å²) in [7, 11) is 0. The van der Waals surface area contributed by atoms with Gasteiger partial charge < -0.3 is 4.42 Å². The molecule has 55 heavy (non-hydrogen) atoms. The molecule has 0 fully saturated rings. The highest BCUT2D eigenvalue weighted by atomic mass is 16.3. The molecule has 11 rings (SSSR count). The number of rotatable bonds is 5. The first-order valence-corrected chi connectivity index (χ1v) is 18.4. The van der Waals surface area contributed by atoms with Crippen molar-refractivity contribution in [3.8, 4) is 56.7 Å². The fourth-order valence-electron chi connectivity index (χ4n) is 7.72. The van der Waals surface area contributed by atoms with Crippen molar-refractivity contribution in [2.24, 2.45) is 0 Å². The van der Waals surface area contributed by atoms with Crippen molar-refractivity contribution in [1.29, 1.82) is 0 Å². The average Bonchev–Trinajstić information content (AvgIpc) is 3.73. The van der Waals surface area contributed by atoms with Crippen LogP contribution in [0.25, 0.3) is 111 Å². The highest BCUT2D eigenvalue weighted by Gasteiger charge is 2.18. The molecule has 5 nitrogen and oxygen atoms in total. The lowest BCUT2D eigenvalue weighted by Gasteiger charge is -2.11. The number of nitrogens with zero attached hydrogens (tertiary/aromatic N) is 4. The second kappa shape index (κ2) is 12.6. The Balaban J connectivity index is 1.07. The summed E-state index contributed by atoms with van der Waals surface area (Å²) in [6.07, 6.45) is 0. The van der Waals surface area contributed by atoms with Crippen LogP contribution < -0.4 is 0 Å². The van der Waals surface area contributed by atoms with Gasteiger partial charge in [0.1, 0.15) is 5.52 Å². The van der Waals surface area contributed by atoms with E-state index in [4.69, 9.17) is 24.4 Å². The average molecular weight is 703 g/mol. The minimum absolute atomic E-state index is 0.611. The summed E-state index contributed by atoms with van der Waals surface area (Å²) in [5, 5.41) is 8.97. The number of aromatic nitrogens is 4. The summed E-state index contributed by atoms with van der Waals surface area (Å²) >= 11 is 0. The first-order valence-electron chi connectivity index (χ1n) is 18.4. The van der Waals surface area contributed by atoms with Crippen molar-refractivity contribution in [2.45, 2.75) is 0 Å². The van der Waals surface area contributed by atoms with Gasteiger partial charge in [0.2, 0.25) is 5.89 Å². The van der Waals surface area contributed by atoms with E-state index in [0.717, 1.165) is 76.8 Å². The Hall–Kier alpha value is -7.50. The Labute approximate surface area is 316 Å². The van der Waals surface area contributed by atoms with Crippen LogP contribution in [0, 0.1) is 0 Å². The normalized spacial score (nSPS) is 11.6. The van der Waals surface area contributed by atoms with Gasteiger partial charge in [0.25, 0.3) is 0 Å². The van der Waals surface area contributed by atoms with Crippen LogP contribution in [0.15, 0.2) is 186 Å². The van der Waals surface area contributed by atoms with Gasteiger partial charge in [-0.15, -0.1) is 0 Å². The maximum atomic E-state index is 6.51. The molecule has 0 aliphatic rings. The van der Waals surface area contributed by atoms with E-state index in [1.165, 1.54) is 10.8 Å². The molecular weight excluding hydrogens is 673 g/mol. The van der Waals surface area contributed by atoms with E-state index in [1.807, 2.05) is 30.3 Å². The smallest absolute Gasteiger partial charge is 0.227 e. The molecule has 256 valence electrons. The van der Waals surface area contributed by atoms with Crippen LogP contribution in [0.4, 0.5) is 0 Å². The van der Waals surface area contributed by atoms with Crippen molar-refractivity contribution >= 4 is 54.2 Å². The van der Waals surface area contributed by atoms with Crippen molar-refractivity contribution in [1.82, 2.24) is 19.9 Å². The Morgan fingerprint density at radius 1 is 0.291 bits per heavy atom. The van der Waals surface area contributed by atoms with E-state index in [2.05, 4.69) is 152 Å². The van der Waals surface area contributed by atoms with Gasteiger partial charge in [-0.25, -0.2) is 19.9 Å². The molecular formula is C50H30N4O. The van der Waals surface area contributed by atoms with Gasteiger partial charge in [0, 0.05) is 33.0 Å². The number of benzene rings is 9. The van der Waals surface area contributed by atoms with Crippen LogP contribution in [0.1, 0.15) is 0 Å². The lowest BCUT2D eigenvalue weighted by molar-refractivity contribution is 0.623. The lowest BCUT2D eigenvalue weighted by Crippen LogP contribution is -2.00. The maximum absolute atomic E-state index is 6.51. The highest BCUT2D eigenvalue weighted by molar-refractivity contribution is 6.23. The summed E-state index contributed by atoms with van der Waals surface area (Å²) in [4.78, 5) is 20.4. The molecule has 0 atom stereocenters. The fraction of sp³-hybridized carbons (Fsp3) is 0. The zero-order valence-electron chi connectivity index (χ0n) is 29.5. The van der Waals surface area contributed by atoms with Gasteiger partial charge in [-0.05, 0) is 79.8 Å². The molecule has 0 unspecified atom stereocenters. The second-order valence-electron chi connectivity index (χ2n) is 13.9. The molecule has 11 aromatic rings. The van der Waals surface area contributed by atoms with Crippen molar-refractivity contribution in [3.63, 3.8) is 0 Å². The first kappa shape index (κ1) is 31.1. The maximum Gasteiger partial charge on any atom is 0.227 e. The molecule has 9 aromatic carbocycles. The van der Waals surface area contributed by atoms with Crippen LogP contribution in [0.5, 0.6) is 0 Å². The number of oxazole rings is 1. The topological polar surface area (TPSA) is 64.7 Å². The molecule has 0 saturated heterocycles. The highest BCUT2D eigenvalue weighted by Crippen LogP contribution is 2.39. The zero-order chi connectivity index (χ0) is 36.3. The summed E-state index contributed by atoms with van der Waals surface area (Å²) < 4.78 is 6.51. The Bertz CT molecular complexity index is 3180. The van der Waals surface area contributed by atoms with Gasteiger partial charge in [-0.1, -0.05) is 146 Å². The Morgan fingerprint density at radius 3 is 1.45 bits per heavy atom. The molecule has 0 N–H and O–H groups in total. The summed E-state index contributed by atoms with van der Waals surface area (Å²) in [6.45, 7) is 0. The molecule has 2 heterocycles. The van der Waals surface area contributed by atoms with E-state index in [9.17, 15) is 0 Å². The second-order valence-corrected chi connectivity index (χ2v) is 13.9. The van der Waals surface area contributed by atoms with Crippen LogP contribution >= 0.6 is 0 Å². The molecule has 5 heteroatoms. The standard InChI is InChI=1S/C50H30N4O/c1-2-13-33(14-3-1)50-51-45-44-30-37(25-26-42(44)41-19-8-9-20-43(41)46(45)55-50)36-17-10-18-38(29-36)47-52-48(39-23-21-31-11-4-6-15-34(31)27-39)54-49(53-47)40-24-22-32-12-5-7-16-35(32)28-40/h1-30H. The van der Waals surface area contributed by atoms with E-state index in [-0.39, 0.29) is 0 Å². The van der Waals surface area contributed by atoms with Gasteiger partial charge in [0.05, 0.1) is 0 Å². The lowest BCUT2D eigenvalue weighted by atomic mass is 9.95. The summed E-state index contributed by atoms with van der Waals surface area (Å²) in [5.41, 5.74) is 7.48. The molecule has 0 amide bonds. The molecule has 0 aliphatic carbocycles. The van der Waals surface area contributed by atoms with E-state index in [0.29, 0.717) is 23.4 Å². The monoisotopic (exact) mass is 702 g/mol. The molecule has 2 aromatic heterocycles. The van der Waals surface area contributed by atoms with Crippen LogP contribution in [0.2, 0.25) is 0 Å². The molecule has 0 radical (unpaired) electrons. The van der Waals surface area contributed by atoms with E-state index < -0.39 is 0 Å². The Morgan fingerprint density at radius 2 is 0.782 bits per heavy atom. The molecule has 0 bridgehead atoms. The van der Waals surface area contributed by atoms with Gasteiger partial charge in [-0.2, -0.15) is 0 Å². The minimum Gasteiger partial charge on any atom is -0.435 e. The van der Waals surface area contributed by atoms with Gasteiger partial charge in [0.15, 0.2) is 23.1 Å². The summed E-state index contributed by atoms with van der Waals surface area (Å²) in [5.74, 6) is 2.48. The molecule has 0 saturated carbocycles. The number of hydrogen-bond donors (Lipinski definition) is 0. The van der Waals surface area contributed by atoms with Gasteiger partial charge >= 0.3 is 0 Å². The fourth-order valence-corrected chi connectivity index (χ4v) is 7.72. The number of fused-ring (bicyclic) bond motifs is 8. The van der Waals surface area contributed by atoms with Crippen LogP contribution in [0.3, 0.4) is 0 Å². The van der Waals surface area contributed by atoms with E-state index >= 15 is 0 Å². The van der Waals surface area contributed by atoms with Crippen LogP contribution in [-0.2, 0) is 0 Å². The largest absolute Gasteiger partial charge is 0.435 e. The predicted octanol–water partition coefficient (Wildman–Crippen LogP) is 13.0. The number of hydrogen-bond acceptors (Lipinski definition) is 5. The minimum atomic E-state index is 0.611. The van der Waals surface area contributed by atoms with Crippen LogP contribution in [-0.4, -0.2) is 19.9 Å². The zero-order valence-corrected chi connectivity index (χ0v) is 29.5. The van der Waals surface area contributed by atoms with Crippen molar-refractivity contribution < 1.29 is 4.42 Å². The van der Waals surface area contributed by atoms with Gasteiger partial charge in [-0.3, -0.25) is 0 Å². The molecule has 0 spiro atoms. The van der Waals surface area contributed by atoms with Crippen molar-refractivity contribution in [2.75, 3.05) is 0 Å².